The molecule has 0 radical (unpaired) electrons. The Labute approximate surface area is 147 Å². The molecule has 2 aromatic rings. The van der Waals surface area contributed by atoms with Crippen LogP contribution in [0.25, 0.3) is 0 Å². The van der Waals surface area contributed by atoms with Gasteiger partial charge in [0.05, 0.1) is 6.73 Å². The number of aliphatic hydroxyl groups excluding tert-OH is 1. The number of nitrogens with zero attached hydrogens (tertiary/aromatic N) is 1. The summed E-state index contributed by atoms with van der Waals surface area (Å²) in [6.45, 7) is 1.20. The summed E-state index contributed by atoms with van der Waals surface area (Å²) < 4.78 is 5.66. The van der Waals surface area contributed by atoms with E-state index in [1.54, 1.807) is 48.5 Å². The SMILES string of the molecule is O=C(OC1CCCN(CO)C1)C(O)(c1ccccc1)c1ccccc1. The van der Waals surface area contributed by atoms with Crippen molar-refractivity contribution in [3.8, 4) is 0 Å². The van der Waals surface area contributed by atoms with Crippen LogP contribution in [0.5, 0.6) is 0 Å². The van der Waals surface area contributed by atoms with E-state index in [1.807, 2.05) is 17.0 Å². The van der Waals surface area contributed by atoms with Gasteiger partial charge in [-0.2, -0.15) is 0 Å². The third-order valence-corrected chi connectivity index (χ3v) is 4.61. The van der Waals surface area contributed by atoms with E-state index in [0.717, 1.165) is 19.4 Å². The summed E-state index contributed by atoms with van der Waals surface area (Å²) in [5.41, 5.74) is -0.911. The first-order chi connectivity index (χ1) is 12.1. The summed E-state index contributed by atoms with van der Waals surface area (Å²) in [6.07, 6.45) is 1.22. The number of likely N-dealkylation sites (tertiary alicyclic amines) is 1. The lowest BCUT2D eigenvalue weighted by atomic mass is 9.86. The van der Waals surface area contributed by atoms with E-state index < -0.39 is 11.6 Å². The Morgan fingerprint density at radius 1 is 1.08 bits per heavy atom. The first-order valence-electron chi connectivity index (χ1n) is 8.52. The van der Waals surface area contributed by atoms with Gasteiger partial charge in [-0.3, -0.25) is 4.90 Å². The van der Waals surface area contributed by atoms with Crippen molar-refractivity contribution in [2.24, 2.45) is 0 Å². The van der Waals surface area contributed by atoms with Crippen LogP contribution in [-0.2, 0) is 15.1 Å². The fourth-order valence-electron chi connectivity index (χ4n) is 3.24. The molecule has 3 rings (SSSR count). The normalized spacial score (nSPS) is 18.7. The quantitative estimate of drug-likeness (QED) is 0.813. The standard InChI is InChI=1S/C20H23NO4/c22-15-21-13-7-12-18(14-21)25-19(23)20(24,16-8-3-1-4-9-16)17-10-5-2-6-11-17/h1-6,8-11,18,22,24H,7,12-15H2. The zero-order chi connectivity index (χ0) is 17.7. The van der Waals surface area contributed by atoms with Gasteiger partial charge in [0.2, 0.25) is 5.60 Å². The van der Waals surface area contributed by atoms with E-state index in [4.69, 9.17) is 4.74 Å². The fourth-order valence-corrected chi connectivity index (χ4v) is 3.24. The van der Waals surface area contributed by atoms with E-state index >= 15 is 0 Å². The molecule has 132 valence electrons. The van der Waals surface area contributed by atoms with E-state index in [1.165, 1.54) is 0 Å². The minimum atomic E-state index is -1.86. The molecule has 0 bridgehead atoms. The van der Waals surface area contributed by atoms with Crippen LogP contribution in [0.15, 0.2) is 60.7 Å². The molecule has 0 aliphatic carbocycles. The van der Waals surface area contributed by atoms with Crippen LogP contribution in [0.1, 0.15) is 24.0 Å². The summed E-state index contributed by atoms with van der Waals surface area (Å²) >= 11 is 0. The number of hydrogen-bond donors (Lipinski definition) is 2. The summed E-state index contributed by atoms with van der Waals surface area (Å²) in [7, 11) is 0. The number of hydrogen-bond acceptors (Lipinski definition) is 5. The number of aliphatic hydroxyl groups is 2. The van der Waals surface area contributed by atoms with Crippen LogP contribution in [-0.4, -0.2) is 47.0 Å². The second-order valence-corrected chi connectivity index (χ2v) is 6.33. The van der Waals surface area contributed by atoms with Gasteiger partial charge >= 0.3 is 5.97 Å². The molecule has 0 aromatic heterocycles. The Kier molecular flexibility index (Phi) is 5.48. The summed E-state index contributed by atoms with van der Waals surface area (Å²) in [4.78, 5) is 14.8. The van der Waals surface area contributed by atoms with Gasteiger partial charge in [-0.25, -0.2) is 4.79 Å². The molecule has 1 unspecified atom stereocenters. The molecule has 5 nitrogen and oxygen atoms in total. The molecule has 2 N–H and O–H groups in total. The van der Waals surface area contributed by atoms with Crippen molar-refractivity contribution in [1.29, 1.82) is 0 Å². The molecule has 2 aromatic carbocycles. The average Bonchev–Trinajstić information content (AvgIpc) is 2.68. The second-order valence-electron chi connectivity index (χ2n) is 6.33. The number of carbonyl (C=O) groups is 1. The van der Waals surface area contributed by atoms with Crippen molar-refractivity contribution in [3.63, 3.8) is 0 Å². The van der Waals surface area contributed by atoms with Crippen LogP contribution in [0, 0.1) is 0 Å². The average molecular weight is 341 g/mol. The van der Waals surface area contributed by atoms with Crippen LogP contribution < -0.4 is 0 Å². The molecule has 1 fully saturated rings. The third kappa shape index (κ3) is 3.74. The highest BCUT2D eigenvalue weighted by atomic mass is 16.6. The monoisotopic (exact) mass is 341 g/mol. The molecule has 25 heavy (non-hydrogen) atoms. The van der Waals surface area contributed by atoms with Gasteiger partial charge in [-0.05, 0) is 24.0 Å². The number of ether oxygens (including phenoxy) is 1. The van der Waals surface area contributed by atoms with Crippen LogP contribution >= 0.6 is 0 Å². The molecule has 1 aliphatic rings. The van der Waals surface area contributed by atoms with E-state index in [2.05, 4.69) is 0 Å². The Hall–Kier alpha value is -2.21. The molecular weight excluding hydrogens is 318 g/mol. The van der Waals surface area contributed by atoms with Crippen LogP contribution in [0.4, 0.5) is 0 Å². The molecule has 5 heteroatoms. The van der Waals surface area contributed by atoms with Gasteiger partial charge in [0.15, 0.2) is 0 Å². The number of piperidine rings is 1. The number of benzene rings is 2. The van der Waals surface area contributed by atoms with E-state index in [-0.39, 0.29) is 12.8 Å². The molecule has 1 saturated heterocycles. The first-order valence-corrected chi connectivity index (χ1v) is 8.52. The molecule has 0 spiro atoms. The predicted molar refractivity (Wildman–Crippen MR) is 93.7 cm³/mol. The van der Waals surface area contributed by atoms with Crippen LogP contribution in [0.3, 0.4) is 0 Å². The van der Waals surface area contributed by atoms with Crippen molar-refractivity contribution in [3.05, 3.63) is 71.8 Å². The highest BCUT2D eigenvalue weighted by molar-refractivity contribution is 5.85. The van der Waals surface area contributed by atoms with Gasteiger partial charge in [0.1, 0.15) is 6.10 Å². The summed E-state index contributed by atoms with van der Waals surface area (Å²) in [5.74, 6) is -0.685. The van der Waals surface area contributed by atoms with Crippen molar-refractivity contribution in [1.82, 2.24) is 4.90 Å². The number of rotatable bonds is 5. The van der Waals surface area contributed by atoms with Gasteiger partial charge in [0.25, 0.3) is 0 Å². The second kappa shape index (κ2) is 7.78. The number of carbonyl (C=O) groups excluding carboxylic acids is 1. The largest absolute Gasteiger partial charge is 0.458 e. The summed E-state index contributed by atoms with van der Waals surface area (Å²) in [5, 5.41) is 20.6. The Bertz CT molecular complexity index is 650. The minimum absolute atomic E-state index is 0.0598. The summed E-state index contributed by atoms with van der Waals surface area (Å²) in [6, 6.07) is 17.7. The van der Waals surface area contributed by atoms with Crippen molar-refractivity contribution >= 4 is 5.97 Å². The van der Waals surface area contributed by atoms with Crippen molar-refractivity contribution in [2.45, 2.75) is 24.5 Å². The van der Waals surface area contributed by atoms with Gasteiger partial charge in [-0.1, -0.05) is 60.7 Å². The lowest BCUT2D eigenvalue weighted by Crippen LogP contribution is -2.45. The molecular formula is C20H23NO4. The van der Waals surface area contributed by atoms with Gasteiger partial charge < -0.3 is 14.9 Å². The fraction of sp³-hybridized carbons (Fsp3) is 0.350. The highest BCUT2D eigenvalue weighted by Crippen LogP contribution is 2.32. The third-order valence-electron chi connectivity index (χ3n) is 4.61. The number of esters is 1. The Morgan fingerprint density at radius 3 is 2.16 bits per heavy atom. The van der Waals surface area contributed by atoms with E-state index in [9.17, 15) is 15.0 Å². The molecule has 1 aliphatic heterocycles. The maximum atomic E-state index is 13.0. The van der Waals surface area contributed by atoms with Crippen LogP contribution in [0.2, 0.25) is 0 Å². The smallest absolute Gasteiger partial charge is 0.348 e. The Morgan fingerprint density at radius 2 is 1.64 bits per heavy atom. The minimum Gasteiger partial charge on any atom is -0.458 e. The molecule has 0 amide bonds. The van der Waals surface area contributed by atoms with Crippen molar-refractivity contribution < 1.29 is 19.7 Å². The molecule has 0 saturated carbocycles. The topological polar surface area (TPSA) is 70.0 Å². The Balaban J connectivity index is 1.88. The predicted octanol–water partition coefficient (Wildman–Crippen LogP) is 1.88. The molecule has 1 heterocycles. The highest BCUT2D eigenvalue weighted by Gasteiger charge is 2.43. The van der Waals surface area contributed by atoms with Crippen molar-refractivity contribution in [2.75, 3.05) is 19.8 Å². The zero-order valence-electron chi connectivity index (χ0n) is 14.0. The zero-order valence-corrected chi connectivity index (χ0v) is 14.0. The van der Waals surface area contributed by atoms with E-state index in [0.29, 0.717) is 17.7 Å². The van der Waals surface area contributed by atoms with Gasteiger partial charge in [-0.15, -0.1) is 0 Å². The molecule has 1 atom stereocenters. The first kappa shape index (κ1) is 17.6. The maximum Gasteiger partial charge on any atom is 0.348 e. The lowest BCUT2D eigenvalue weighted by Gasteiger charge is -2.34. The van der Waals surface area contributed by atoms with Gasteiger partial charge in [0, 0.05) is 13.1 Å². The maximum absolute atomic E-state index is 13.0. The lowest BCUT2D eigenvalue weighted by molar-refractivity contribution is -0.171.